The zero-order chi connectivity index (χ0) is 23.5. The molecule has 33 heavy (non-hydrogen) atoms. The number of nitrogens with zero attached hydrogens (tertiary/aromatic N) is 2. The fraction of sp³-hybridized carbons (Fsp3) is 0.833. The van der Waals surface area contributed by atoms with E-state index in [9.17, 15) is 19.6 Å². The lowest BCUT2D eigenvalue weighted by Crippen LogP contribution is -2.66. The number of carbonyl (C=O) groups is 3. The van der Waals surface area contributed by atoms with Crippen molar-refractivity contribution in [3.63, 3.8) is 0 Å². The fourth-order valence-electron chi connectivity index (χ4n) is 7.99. The van der Waals surface area contributed by atoms with Crippen molar-refractivity contribution in [2.45, 2.75) is 94.0 Å². The first-order valence-electron chi connectivity index (χ1n) is 12.3. The molecule has 0 aromatic heterocycles. The van der Waals surface area contributed by atoms with Crippen molar-refractivity contribution in [2.24, 2.45) is 34.6 Å². The van der Waals surface area contributed by atoms with Crippen LogP contribution in [0.2, 0.25) is 0 Å². The second-order valence-corrected chi connectivity index (χ2v) is 11.4. The van der Waals surface area contributed by atoms with Gasteiger partial charge in [0.1, 0.15) is 17.7 Å². The second-order valence-electron chi connectivity index (χ2n) is 11.4. The average Bonchev–Trinajstić information content (AvgIpc) is 3.41. The van der Waals surface area contributed by atoms with E-state index in [1.807, 2.05) is 0 Å². The van der Waals surface area contributed by atoms with E-state index in [-0.39, 0.29) is 30.4 Å². The van der Waals surface area contributed by atoms with Gasteiger partial charge in [0.05, 0.1) is 12.1 Å². The van der Waals surface area contributed by atoms with Gasteiger partial charge in [-0.25, -0.2) is 0 Å². The Balaban J connectivity index is 1.34. The number of hydrogen-bond acceptors (Lipinski definition) is 7. The van der Waals surface area contributed by atoms with E-state index in [0.717, 1.165) is 44.9 Å². The minimum Gasteiger partial charge on any atom is -0.458 e. The van der Waals surface area contributed by atoms with Crippen LogP contribution in [0.15, 0.2) is 0 Å². The van der Waals surface area contributed by atoms with Gasteiger partial charge >= 0.3 is 5.97 Å². The summed E-state index contributed by atoms with van der Waals surface area (Å²) in [6.45, 7) is 0. The molecule has 1 heterocycles. The zero-order valence-electron chi connectivity index (χ0n) is 19.3. The lowest BCUT2D eigenvalue weighted by Gasteiger charge is -2.62. The van der Waals surface area contributed by atoms with E-state index in [0.29, 0.717) is 30.6 Å². The summed E-state index contributed by atoms with van der Waals surface area (Å²) in [5.74, 6) is 0.321. The molecule has 6 rings (SSSR count). The van der Waals surface area contributed by atoms with E-state index < -0.39 is 29.0 Å². The highest BCUT2D eigenvalue weighted by Gasteiger charge is 2.64. The number of likely N-dealkylation sites (N-methyl/N-ethyl adjacent to an activating group) is 1. The summed E-state index contributed by atoms with van der Waals surface area (Å²) >= 11 is 0. The normalized spacial score (nSPS) is 41.7. The SMILES string of the molecule is CNC(CCC(N)=O)C(=O)OC12CC3C[C@H](C1)CC([C@H](N)C(=O)N1C4CC4C[C@H]1C#N)(C3)C2. The predicted octanol–water partition coefficient (Wildman–Crippen LogP) is 0.562. The van der Waals surface area contributed by atoms with Gasteiger partial charge in [0.2, 0.25) is 11.8 Å². The van der Waals surface area contributed by atoms with Gasteiger partial charge in [-0.2, -0.15) is 5.26 Å². The summed E-state index contributed by atoms with van der Waals surface area (Å²) in [5.41, 5.74) is 11.0. The predicted molar refractivity (Wildman–Crippen MR) is 118 cm³/mol. The highest BCUT2D eigenvalue weighted by molar-refractivity contribution is 5.84. The quantitative estimate of drug-likeness (QED) is 0.450. The zero-order valence-corrected chi connectivity index (χ0v) is 19.3. The Morgan fingerprint density at radius 3 is 2.48 bits per heavy atom. The topological polar surface area (TPSA) is 152 Å². The molecule has 1 aliphatic heterocycles. The molecule has 0 spiro atoms. The monoisotopic (exact) mass is 457 g/mol. The third-order valence-electron chi connectivity index (χ3n) is 9.12. The van der Waals surface area contributed by atoms with Crippen molar-refractivity contribution >= 4 is 17.8 Å². The maximum atomic E-state index is 13.6. The molecule has 6 fully saturated rings. The number of hydrogen-bond donors (Lipinski definition) is 3. The van der Waals surface area contributed by atoms with Crippen molar-refractivity contribution in [2.75, 3.05) is 7.05 Å². The minimum atomic E-state index is -0.674. The van der Waals surface area contributed by atoms with Crippen molar-refractivity contribution in [1.82, 2.24) is 10.2 Å². The molecule has 9 atom stereocenters. The lowest BCUT2D eigenvalue weighted by atomic mass is 9.46. The summed E-state index contributed by atoms with van der Waals surface area (Å²) in [5, 5.41) is 12.5. The molecule has 6 aliphatic rings. The molecule has 0 aromatic carbocycles. The van der Waals surface area contributed by atoms with Crippen LogP contribution < -0.4 is 16.8 Å². The Labute approximate surface area is 194 Å². The standard InChI is InChI=1S/C24H35N5O4/c1-28-17(2-3-19(26)30)22(32)33-24-9-13-4-14(10-24)8-23(7-13,12-24)20(27)21(31)29-16(11-25)5-15-6-18(15)29/h13-18,20,28H,2-10,12,27H2,1H3,(H2,26,30)/t13-,14?,15?,16-,17?,18?,20+,23?,24?/m0/s1. The highest BCUT2D eigenvalue weighted by Crippen LogP contribution is 2.64. The van der Waals surface area contributed by atoms with E-state index >= 15 is 0 Å². The maximum absolute atomic E-state index is 13.6. The number of fused-ring (bicyclic) bond motifs is 1. The van der Waals surface area contributed by atoms with Crippen molar-refractivity contribution in [3.8, 4) is 6.07 Å². The van der Waals surface area contributed by atoms with Crippen LogP contribution in [-0.4, -0.2) is 59.5 Å². The van der Waals surface area contributed by atoms with Crippen LogP contribution in [-0.2, 0) is 19.1 Å². The molecule has 1 saturated heterocycles. The first-order chi connectivity index (χ1) is 15.7. The molecule has 2 amide bonds. The number of esters is 1. The van der Waals surface area contributed by atoms with Gasteiger partial charge < -0.3 is 26.4 Å². The number of amides is 2. The average molecular weight is 458 g/mol. The van der Waals surface area contributed by atoms with Crippen LogP contribution >= 0.6 is 0 Å². The Hall–Kier alpha value is -2.18. The number of nitriles is 1. The van der Waals surface area contributed by atoms with E-state index in [4.69, 9.17) is 16.2 Å². The summed E-state index contributed by atoms with van der Waals surface area (Å²) in [6, 6.07) is 0.840. The van der Waals surface area contributed by atoms with Crippen LogP contribution in [0.5, 0.6) is 0 Å². The number of likely N-dealkylation sites (tertiary alicyclic amines) is 1. The van der Waals surface area contributed by atoms with E-state index in [1.165, 1.54) is 0 Å². The number of rotatable bonds is 8. The molecular weight excluding hydrogens is 422 g/mol. The van der Waals surface area contributed by atoms with Gasteiger partial charge in [0, 0.05) is 12.5 Å². The lowest BCUT2D eigenvalue weighted by molar-refractivity contribution is -0.207. The molecular formula is C24H35N5O4. The van der Waals surface area contributed by atoms with Crippen molar-refractivity contribution in [3.05, 3.63) is 0 Å². The first kappa shape index (κ1) is 22.6. The van der Waals surface area contributed by atoms with Crippen LogP contribution in [0.1, 0.15) is 64.2 Å². The Bertz CT molecular complexity index is 886. The van der Waals surface area contributed by atoms with Gasteiger partial charge in [-0.1, -0.05) is 0 Å². The third-order valence-corrected chi connectivity index (χ3v) is 9.12. The van der Waals surface area contributed by atoms with Crippen LogP contribution in [0.3, 0.4) is 0 Å². The third kappa shape index (κ3) is 3.81. The highest BCUT2D eigenvalue weighted by atomic mass is 16.6. The van der Waals surface area contributed by atoms with Crippen LogP contribution in [0, 0.1) is 34.5 Å². The van der Waals surface area contributed by atoms with Crippen LogP contribution in [0.25, 0.3) is 0 Å². The van der Waals surface area contributed by atoms with Gasteiger partial charge in [-0.3, -0.25) is 14.4 Å². The number of piperidine rings is 1. The smallest absolute Gasteiger partial charge is 0.323 e. The molecule has 5 saturated carbocycles. The van der Waals surface area contributed by atoms with Crippen LogP contribution in [0.4, 0.5) is 0 Å². The molecule has 0 aromatic rings. The molecule has 9 nitrogen and oxygen atoms in total. The molecule has 0 radical (unpaired) electrons. The van der Waals surface area contributed by atoms with E-state index in [1.54, 1.807) is 11.9 Å². The number of carbonyl (C=O) groups excluding carboxylic acids is 3. The molecule has 5 N–H and O–H groups in total. The van der Waals surface area contributed by atoms with Gasteiger partial charge in [-0.05, 0) is 88.0 Å². The second kappa shape index (κ2) is 7.95. The minimum absolute atomic E-state index is 0.0930. The summed E-state index contributed by atoms with van der Waals surface area (Å²) < 4.78 is 6.20. The van der Waals surface area contributed by atoms with Gasteiger partial charge in [0.25, 0.3) is 0 Å². The summed E-state index contributed by atoms with van der Waals surface area (Å²) in [4.78, 5) is 39.6. The molecule has 6 unspecified atom stereocenters. The Morgan fingerprint density at radius 1 is 1.18 bits per heavy atom. The summed E-state index contributed by atoms with van der Waals surface area (Å²) in [6.07, 6.45) is 7.20. The summed E-state index contributed by atoms with van der Waals surface area (Å²) in [7, 11) is 1.68. The maximum Gasteiger partial charge on any atom is 0.323 e. The molecule has 180 valence electrons. The number of primary amides is 1. The number of nitrogens with two attached hydrogens (primary N) is 2. The number of nitrogens with one attached hydrogen (secondary N) is 1. The van der Waals surface area contributed by atoms with Gasteiger partial charge in [0.15, 0.2) is 0 Å². The molecule has 4 bridgehead atoms. The van der Waals surface area contributed by atoms with E-state index in [2.05, 4.69) is 11.4 Å². The largest absolute Gasteiger partial charge is 0.458 e. The Kier molecular flexibility index (Phi) is 5.44. The van der Waals surface area contributed by atoms with Crippen molar-refractivity contribution in [1.29, 1.82) is 5.26 Å². The van der Waals surface area contributed by atoms with Gasteiger partial charge in [-0.15, -0.1) is 0 Å². The Morgan fingerprint density at radius 2 is 1.88 bits per heavy atom. The first-order valence-corrected chi connectivity index (χ1v) is 12.3. The van der Waals surface area contributed by atoms with Crippen molar-refractivity contribution < 1.29 is 19.1 Å². The molecule has 9 heteroatoms. The number of ether oxygens (including phenoxy) is 1. The fourth-order valence-corrected chi connectivity index (χ4v) is 7.99. The molecule has 5 aliphatic carbocycles.